The van der Waals surface area contributed by atoms with Crippen LogP contribution in [0.25, 0.3) is 0 Å². The fourth-order valence-corrected chi connectivity index (χ4v) is 2.20. The number of alkyl carbamates (subject to hydrolysis) is 1. The van der Waals surface area contributed by atoms with Gasteiger partial charge in [0, 0.05) is 17.0 Å². The maximum atomic E-state index is 11.7. The van der Waals surface area contributed by atoms with Crippen LogP contribution in [0, 0.1) is 12.3 Å². The van der Waals surface area contributed by atoms with E-state index in [1.807, 2.05) is 52.8 Å². The summed E-state index contributed by atoms with van der Waals surface area (Å²) >= 11 is 6.03. The first-order valence-corrected chi connectivity index (χ1v) is 7.75. The molecule has 5 heteroatoms. The Labute approximate surface area is 137 Å². The van der Waals surface area contributed by atoms with Crippen molar-refractivity contribution in [2.45, 2.75) is 46.6 Å². The molecular formula is C17H26ClNO3. The van der Waals surface area contributed by atoms with Crippen molar-refractivity contribution in [2.24, 2.45) is 5.41 Å². The van der Waals surface area contributed by atoms with Crippen LogP contribution in [0.2, 0.25) is 5.02 Å². The lowest BCUT2D eigenvalue weighted by molar-refractivity contribution is 0.0478. The van der Waals surface area contributed by atoms with Gasteiger partial charge in [-0.2, -0.15) is 0 Å². The molecule has 0 radical (unpaired) electrons. The van der Waals surface area contributed by atoms with Crippen LogP contribution >= 0.6 is 11.6 Å². The summed E-state index contributed by atoms with van der Waals surface area (Å²) in [6, 6.07) is 5.80. The largest absolute Gasteiger partial charge is 0.444 e. The second kappa shape index (κ2) is 7.34. The van der Waals surface area contributed by atoms with Gasteiger partial charge in [-0.15, -0.1) is 0 Å². The van der Waals surface area contributed by atoms with Gasteiger partial charge < -0.3 is 15.2 Å². The van der Waals surface area contributed by atoms with Crippen molar-refractivity contribution in [3.05, 3.63) is 34.3 Å². The number of amides is 1. The zero-order valence-corrected chi connectivity index (χ0v) is 14.8. The average molecular weight is 328 g/mol. The molecule has 4 nitrogen and oxygen atoms in total. The molecular weight excluding hydrogens is 302 g/mol. The minimum Gasteiger partial charge on any atom is -0.444 e. The van der Waals surface area contributed by atoms with Crippen LogP contribution in [0.3, 0.4) is 0 Å². The summed E-state index contributed by atoms with van der Waals surface area (Å²) in [5.74, 6) is 0. The maximum absolute atomic E-state index is 11.7. The molecule has 1 rings (SSSR count). The molecule has 1 aromatic carbocycles. The Morgan fingerprint density at radius 2 is 1.95 bits per heavy atom. The topological polar surface area (TPSA) is 58.6 Å². The van der Waals surface area contributed by atoms with E-state index in [2.05, 4.69) is 5.32 Å². The standard InChI is InChI=1S/C17H26ClNO3/c1-12-8-13(6-7-14(12)18)9-17(5,11-20)10-19-15(21)22-16(2,3)4/h6-8,20H,9-11H2,1-5H3,(H,19,21). The number of hydrogen-bond donors (Lipinski definition) is 2. The van der Waals surface area contributed by atoms with Gasteiger partial charge in [0.2, 0.25) is 0 Å². The molecule has 0 aromatic heterocycles. The molecule has 0 aliphatic heterocycles. The maximum Gasteiger partial charge on any atom is 0.407 e. The zero-order chi connectivity index (χ0) is 17.0. The first-order chi connectivity index (χ1) is 10.0. The Morgan fingerprint density at radius 1 is 1.32 bits per heavy atom. The van der Waals surface area contributed by atoms with Gasteiger partial charge in [-0.1, -0.05) is 30.7 Å². The summed E-state index contributed by atoms with van der Waals surface area (Å²) in [6.45, 7) is 9.61. The van der Waals surface area contributed by atoms with Crippen molar-refractivity contribution in [3.8, 4) is 0 Å². The minimum atomic E-state index is -0.535. The SMILES string of the molecule is Cc1cc(CC(C)(CO)CNC(=O)OC(C)(C)C)ccc1Cl. The molecule has 0 spiro atoms. The van der Waals surface area contributed by atoms with Gasteiger partial charge in [0.05, 0.1) is 6.61 Å². The third-order valence-electron chi connectivity index (χ3n) is 3.29. The monoisotopic (exact) mass is 327 g/mol. The van der Waals surface area contributed by atoms with Crippen molar-refractivity contribution in [1.29, 1.82) is 0 Å². The van der Waals surface area contributed by atoms with Crippen molar-refractivity contribution >= 4 is 17.7 Å². The van der Waals surface area contributed by atoms with Crippen LogP contribution in [0.15, 0.2) is 18.2 Å². The number of halogens is 1. The number of carbonyl (C=O) groups is 1. The van der Waals surface area contributed by atoms with Gasteiger partial charge >= 0.3 is 6.09 Å². The Hall–Kier alpha value is -1.26. The van der Waals surface area contributed by atoms with E-state index >= 15 is 0 Å². The third-order valence-corrected chi connectivity index (χ3v) is 3.72. The molecule has 2 N–H and O–H groups in total. The van der Waals surface area contributed by atoms with E-state index in [1.165, 1.54) is 0 Å². The highest BCUT2D eigenvalue weighted by molar-refractivity contribution is 6.31. The van der Waals surface area contributed by atoms with Crippen LogP contribution in [-0.2, 0) is 11.2 Å². The first kappa shape index (κ1) is 18.8. The summed E-state index contributed by atoms with van der Waals surface area (Å²) in [4.78, 5) is 11.7. The molecule has 1 atom stereocenters. The molecule has 0 heterocycles. The van der Waals surface area contributed by atoms with Crippen molar-refractivity contribution < 1.29 is 14.6 Å². The highest BCUT2D eigenvalue weighted by Gasteiger charge is 2.26. The van der Waals surface area contributed by atoms with Gasteiger partial charge in [0.15, 0.2) is 0 Å². The molecule has 124 valence electrons. The predicted octanol–water partition coefficient (Wildman–Crippen LogP) is 3.71. The number of rotatable bonds is 5. The number of aryl methyl sites for hydroxylation is 1. The molecule has 0 bridgehead atoms. The number of carbonyl (C=O) groups excluding carboxylic acids is 1. The molecule has 0 saturated heterocycles. The normalized spacial score (nSPS) is 14.3. The van der Waals surface area contributed by atoms with E-state index in [0.29, 0.717) is 13.0 Å². The van der Waals surface area contributed by atoms with Gasteiger partial charge in [-0.3, -0.25) is 0 Å². The predicted molar refractivity (Wildman–Crippen MR) is 89.3 cm³/mol. The molecule has 0 aliphatic rings. The fraction of sp³-hybridized carbons (Fsp3) is 0.588. The molecule has 1 aromatic rings. The molecule has 1 unspecified atom stereocenters. The van der Waals surface area contributed by atoms with Crippen molar-refractivity contribution in [2.75, 3.05) is 13.2 Å². The number of aliphatic hydroxyl groups is 1. The third kappa shape index (κ3) is 6.24. The summed E-state index contributed by atoms with van der Waals surface area (Å²) in [6.07, 6.45) is 0.163. The van der Waals surface area contributed by atoms with Crippen LogP contribution in [0.1, 0.15) is 38.8 Å². The van der Waals surface area contributed by atoms with Crippen molar-refractivity contribution in [1.82, 2.24) is 5.32 Å². The Morgan fingerprint density at radius 3 is 2.45 bits per heavy atom. The second-order valence-corrected chi connectivity index (χ2v) is 7.49. The van der Waals surface area contributed by atoms with E-state index in [9.17, 15) is 9.90 Å². The second-order valence-electron chi connectivity index (χ2n) is 7.08. The molecule has 0 saturated carbocycles. The van der Waals surface area contributed by atoms with E-state index in [0.717, 1.165) is 16.1 Å². The quantitative estimate of drug-likeness (QED) is 0.866. The number of aliphatic hydroxyl groups excluding tert-OH is 1. The van der Waals surface area contributed by atoms with Crippen LogP contribution in [-0.4, -0.2) is 30.0 Å². The first-order valence-electron chi connectivity index (χ1n) is 7.37. The zero-order valence-electron chi connectivity index (χ0n) is 14.0. The Bertz CT molecular complexity index is 525. The lowest BCUT2D eigenvalue weighted by Gasteiger charge is -2.29. The Kier molecular flexibility index (Phi) is 6.27. The van der Waals surface area contributed by atoms with Crippen LogP contribution in [0.5, 0.6) is 0 Å². The van der Waals surface area contributed by atoms with E-state index < -0.39 is 17.1 Å². The number of benzene rings is 1. The van der Waals surface area contributed by atoms with Crippen LogP contribution in [0.4, 0.5) is 4.79 Å². The smallest absolute Gasteiger partial charge is 0.407 e. The molecule has 1 amide bonds. The summed E-state index contributed by atoms with van der Waals surface area (Å²) < 4.78 is 5.21. The van der Waals surface area contributed by atoms with Crippen molar-refractivity contribution in [3.63, 3.8) is 0 Å². The van der Waals surface area contributed by atoms with Crippen LogP contribution < -0.4 is 5.32 Å². The highest BCUT2D eigenvalue weighted by atomic mass is 35.5. The lowest BCUT2D eigenvalue weighted by atomic mass is 9.84. The summed E-state index contributed by atoms with van der Waals surface area (Å²) in [7, 11) is 0. The molecule has 0 fully saturated rings. The lowest BCUT2D eigenvalue weighted by Crippen LogP contribution is -2.41. The van der Waals surface area contributed by atoms with Gasteiger partial charge in [0.1, 0.15) is 5.60 Å². The average Bonchev–Trinajstić information content (AvgIpc) is 2.39. The van der Waals surface area contributed by atoms with Gasteiger partial charge in [-0.25, -0.2) is 4.79 Å². The molecule has 22 heavy (non-hydrogen) atoms. The number of hydrogen-bond acceptors (Lipinski definition) is 3. The van der Waals surface area contributed by atoms with E-state index in [4.69, 9.17) is 16.3 Å². The number of nitrogens with one attached hydrogen (secondary N) is 1. The van der Waals surface area contributed by atoms with E-state index in [-0.39, 0.29) is 6.61 Å². The summed E-state index contributed by atoms with van der Waals surface area (Å²) in [5.41, 5.74) is 1.08. The fourth-order valence-electron chi connectivity index (χ4n) is 2.08. The van der Waals surface area contributed by atoms with Gasteiger partial charge in [-0.05, 0) is 51.3 Å². The van der Waals surface area contributed by atoms with E-state index in [1.54, 1.807) is 0 Å². The number of ether oxygens (including phenoxy) is 1. The van der Waals surface area contributed by atoms with Gasteiger partial charge in [0.25, 0.3) is 0 Å². The molecule has 0 aliphatic carbocycles. The summed E-state index contributed by atoms with van der Waals surface area (Å²) in [5, 5.41) is 13.2. The minimum absolute atomic E-state index is 0.0372. The highest BCUT2D eigenvalue weighted by Crippen LogP contribution is 2.24. The Balaban J connectivity index is 2.67.